The van der Waals surface area contributed by atoms with Crippen LogP contribution in [0.25, 0.3) is 109 Å². The third-order valence-corrected chi connectivity index (χ3v) is 11.2. The molecule has 0 radical (unpaired) electrons. The number of hydrogen-bond acceptors (Lipinski definition) is 2. The van der Waals surface area contributed by atoms with Crippen molar-refractivity contribution < 1.29 is 0 Å². The Balaban J connectivity index is 1.23. The minimum atomic E-state index is 1.14. The molecule has 0 saturated carbocycles. The smallest absolute Gasteiger partial charge is 0.0353 e. The monoisotopic (exact) mass is 684 g/mol. The van der Waals surface area contributed by atoms with E-state index < -0.39 is 0 Å². The molecule has 11 aromatic rings. The van der Waals surface area contributed by atoms with Gasteiger partial charge < -0.3 is 0 Å². The molecule has 11 rings (SSSR count). The third kappa shape index (κ3) is 4.54. The molecule has 0 N–H and O–H groups in total. The maximum Gasteiger partial charge on any atom is 0.0353 e. The zero-order chi connectivity index (χ0) is 35.6. The average Bonchev–Trinajstić information content (AvgIpc) is 3.25. The summed E-state index contributed by atoms with van der Waals surface area (Å²) in [5.74, 6) is 0. The van der Waals surface area contributed by atoms with Crippen molar-refractivity contribution in [3.8, 4) is 44.5 Å². The first-order valence-corrected chi connectivity index (χ1v) is 18.5. The quantitative estimate of drug-likeness (QED) is 0.172. The third-order valence-electron chi connectivity index (χ3n) is 11.2. The van der Waals surface area contributed by atoms with Crippen molar-refractivity contribution in [2.24, 2.45) is 0 Å². The van der Waals surface area contributed by atoms with E-state index in [0.717, 1.165) is 10.8 Å². The fraction of sp³-hybridized carbons (Fsp3) is 0. The molecule has 9 aromatic carbocycles. The van der Waals surface area contributed by atoms with Crippen molar-refractivity contribution >= 4 is 64.6 Å². The molecular formula is C52H32N2. The van der Waals surface area contributed by atoms with Gasteiger partial charge in [0, 0.05) is 35.6 Å². The Morgan fingerprint density at radius 1 is 0.241 bits per heavy atom. The number of hydrogen-bond donors (Lipinski definition) is 0. The standard InChI is InChI=1S/C52H32N2/c1-2-14-34(15-3-1)49-39-20-8-9-21-40(39)51(47-31-53-29-27-45(47)49)43-25-26-44(37-19-7-6-18-36(37)43)52-42-23-11-10-22-41(42)50(46-28-30-54-32-48(46)52)38-24-12-16-33-13-4-5-17-35(33)38/h1-32H. The lowest BCUT2D eigenvalue weighted by Gasteiger charge is -2.21. The SMILES string of the molecule is c1ccc(-c2c3ccccc3c(-c3ccc(-c4c5ccccc5c(-c5cccc6ccccc56)c5ccncc45)c4ccccc34)c3cnccc23)cc1. The van der Waals surface area contributed by atoms with Gasteiger partial charge in [-0.2, -0.15) is 0 Å². The van der Waals surface area contributed by atoms with Gasteiger partial charge in [-0.3, -0.25) is 9.97 Å². The molecule has 0 bridgehead atoms. The van der Waals surface area contributed by atoms with Crippen molar-refractivity contribution in [3.63, 3.8) is 0 Å². The lowest BCUT2D eigenvalue weighted by atomic mass is 9.82. The summed E-state index contributed by atoms with van der Waals surface area (Å²) in [5.41, 5.74) is 9.73. The van der Waals surface area contributed by atoms with Gasteiger partial charge in [0.2, 0.25) is 0 Å². The maximum absolute atomic E-state index is 4.74. The summed E-state index contributed by atoms with van der Waals surface area (Å²) in [5, 5.41) is 14.5. The number of pyridine rings is 2. The molecule has 250 valence electrons. The predicted octanol–water partition coefficient (Wildman–Crippen LogP) is 14.1. The van der Waals surface area contributed by atoms with Gasteiger partial charge in [0.1, 0.15) is 0 Å². The van der Waals surface area contributed by atoms with Crippen molar-refractivity contribution in [3.05, 3.63) is 195 Å². The number of aromatic nitrogens is 2. The van der Waals surface area contributed by atoms with Crippen LogP contribution in [0.3, 0.4) is 0 Å². The average molecular weight is 685 g/mol. The molecular weight excluding hydrogens is 653 g/mol. The molecule has 54 heavy (non-hydrogen) atoms. The van der Waals surface area contributed by atoms with Crippen LogP contribution in [0.5, 0.6) is 0 Å². The van der Waals surface area contributed by atoms with Gasteiger partial charge in [-0.1, -0.05) is 158 Å². The van der Waals surface area contributed by atoms with Gasteiger partial charge in [0.25, 0.3) is 0 Å². The van der Waals surface area contributed by atoms with Crippen LogP contribution in [0.15, 0.2) is 195 Å². The second-order valence-corrected chi connectivity index (χ2v) is 14.0. The van der Waals surface area contributed by atoms with E-state index in [1.54, 1.807) is 0 Å². The van der Waals surface area contributed by atoms with E-state index >= 15 is 0 Å². The summed E-state index contributed by atoms with van der Waals surface area (Å²) in [7, 11) is 0. The first-order valence-electron chi connectivity index (χ1n) is 18.5. The molecule has 2 aromatic heterocycles. The molecule has 2 nitrogen and oxygen atoms in total. The van der Waals surface area contributed by atoms with E-state index in [0.29, 0.717) is 0 Å². The Kier molecular flexibility index (Phi) is 6.90. The van der Waals surface area contributed by atoms with E-state index in [1.165, 1.54) is 98.4 Å². The summed E-state index contributed by atoms with van der Waals surface area (Å²) in [6, 6.07) is 61.7. The lowest BCUT2D eigenvalue weighted by molar-refractivity contribution is 1.37. The normalized spacial score (nSPS) is 11.7. The fourth-order valence-corrected chi connectivity index (χ4v) is 9.01. The summed E-state index contributed by atoms with van der Waals surface area (Å²) in [6.45, 7) is 0. The van der Waals surface area contributed by atoms with Crippen LogP contribution in [0, 0.1) is 0 Å². The molecule has 0 aliphatic rings. The van der Waals surface area contributed by atoms with E-state index in [1.807, 2.05) is 18.6 Å². The second kappa shape index (κ2) is 12.2. The number of benzene rings is 9. The molecule has 2 heterocycles. The van der Waals surface area contributed by atoms with Crippen LogP contribution in [0.2, 0.25) is 0 Å². The number of rotatable bonds is 4. The van der Waals surface area contributed by atoms with Crippen molar-refractivity contribution in [2.45, 2.75) is 0 Å². The van der Waals surface area contributed by atoms with Gasteiger partial charge >= 0.3 is 0 Å². The van der Waals surface area contributed by atoms with Crippen LogP contribution in [-0.2, 0) is 0 Å². The topological polar surface area (TPSA) is 25.8 Å². The Morgan fingerprint density at radius 3 is 1.20 bits per heavy atom. The zero-order valence-corrected chi connectivity index (χ0v) is 29.4. The van der Waals surface area contributed by atoms with Crippen molar-refractivity contribution in [1.29, 1.82) is 0 Å². The molecule has 0 amide bonds. The highest BCUT2D eigenvalue weighted by Gasteiger charge is 2.22. The first kappa shape index (κ1) is 30.5. The highest BCUT2D eigenvalue weighted by Crippen LogP contribution is 2.49. The van der Waals surface area contributed by atoms with E-state index in [2.05, 4.69) is 176 Å². The highest BCUT2D eigenvalue weighted by atomic mass is 14.6. The molecule has 0 spiro atoms. The summed E-state index contributed by atoms with van der Waals surface area (Å²) in [4.78, 5) is 9.44. The molecule has 0 atom stereocenters. The minimum absolute atomic E-state index is 1.14. The van der Waals surface area contributed by atoms with E-state index in [9.17, 15) is 0 Å². The van der Waals surface area contributed by atoms with E-state index in [-0.39, 0.29) is 0 Å². The Morgan fingerprint density at radius 2 is 0.630 bits per heavy atom. The van der Waals surface area contributed by atoms with Gasteiger partial charge in [-0.05, 0) is 111 Å². The van der Waals surface area contributed by atoms with Crippen LogP contribution < -0.4 is 0 Å². The Labute approximate surface area is 312 Å². The maximum atomic E-state index is 4.74. The van der Waals surface area contributed by atoms with Crippen LogP contribution in [0.4, 0.5) is 0 Å². The summed E-state index contributed by atoms with van der Waals surface area (Å²) in [6.07, 6.45) is 7.95. The lowest BCUT2D eigenvalue weighted by Crippen LogP contribution is -1.95. The summed E-state index contributed by atoms with van der Waals surface area (Å²) >= 11 is 0. The first-order chi connectivity index (χ1) is 26.8. The van der Waals surface area contributed by atoms with Gasteiger partial charge in [0.05, 0.1) is 0 Å². The molecule has 0 aliphatic carbocycles. The molecule has 0 aliphatic heterocycles. The number of nitrogens with zero attached hydrogens (tertiary/aromatic N) is 2. The Bertz CT molecular complexity index is 3150. The van der Waals surface area contributed by atoms with Crippen molar-refractivity contribution in [1.82, 2.24) is 9.97 Å². The van der Waals surface area contributed by atoms with Crippen LogP contribution in [-0.4, -0.2) is 9.97 Å². The highest BCUT2D eigenvalue weighted by molar-refractivity contribution is 6.27. The van der Waals surface area contributed by atoms with Gasteiger partial charge in [-0.15, -0.1) is 0 Å². The molecule has 0 unspecified atom stereocenters. The summed E-state index contributed by atoms with van der Waals surface area (Å²) < 4.78 is 0. The largest absolute Gasteiger partial charge is 0.264 e. The van der Waals surface area contributed by atoms with Crippen molar-refractivity contribution in [2.75, 3.05) is 0 Å². The molecule has 0 fully saturated rings. The predicted molar refractivity (Wildman–Crippen MR) is 229 cm³/mol. The number of fused-ring (bicyclic) bond motifs is 6. The molecule has 2 heteroatoms. The van der Waals surface area contributed by atoms with Gasteiger partial charge in [0.15, 0.2) is 0 Å². The van der Waals surface area contributed by atoms with Gasteiger partial charge in [-0.25, -0.2) is 0 Å². The fourth-order valence-electron chi connectivity index (χ4n) is 9.01. The van der Waals surface area contributed by atoms with E-state index in [4.69, 9.17) is 9.97 Å². The Hall–Kier alpha value is -7.16. The zero-order valence-electron chi connectivity index (χ0n) is 29.4. The van der Waals surface area contributed by atoms with Crippen LogP contribution in [0.1, 0.15) is 0 Å². The van der Waals surface area contributed by atoms with Crippen LogP contribution >= 0.6 is 0 Å². The molecule has 0 saturated heterocycles. The second-order valence-electron chi connectivity index (χ2n) is 14.0. The minimum Gasteiger partial charge on any atom is -0.264 e.